The fourth-order valence-corrected chi connectivity index (χ4v) is 1.82. The molecular weight excluding hydrogens is 198 g/mol. The average molecular weight is 215 g/mol. The van der Waals surface area contributed by atoms with Gasteiger partial charge < -0.3 is 4.90 Å². The molecule has 80 valence electrons. The standard InChI is InChI=1S/C8H17N5S/c1-13(2)6-4-3-5-7-14-8-9-11-12-10-8/h3-7H2,1-2H3,(H,9,10,11,12). The van der Waals surface area contributed by atoms with Gasteiger partial charge in [-0.05, 0) is 38.7 Å². The number of unbranched alkanes of at least 4 members (excludes halogenated alkanes) is 2. The van der Waals surface area contributed by atoms with Crippen LogP contribution in [0.5, 0.6) is 0 Å². The van der Waals surface area contributed by atoms with Crippen LogP contribution in [0.3, 0.4) is 0 Å². The maximum absolute atomic E-state index is 3.87. The summed E-state index contributed by atoms with van der Waals surface area (Å²) in [6, 6.07) is 0. The van der Waals surface area contributed by atoms with Crippen molar-refractivity contribution in [2.75, 3.05) is 26.4 Å². The normalized spacial score (nSPS) is 11.1. The van der Waals surface area contributed by atoms with Gasteiger partial charge in [0.05, 0.1) is 0 Å². The number of H-pyrrole nitrogens is 1. The van der Waals surface area contributed by atoms with Crippen molar-refractivity contribution in [3.63, 3.8) is 0 Å². The molecule has 1 aromatic rings. The predicted octanol–water partition coefficient (Wildman–Crippen LogP) is 1.02. The van der Waals surface area contributed by atoms with Gasteiger partial charge in [0.1, 0.15) is 0 Å². The second kappa shape index (κ2) is 6.78. The van der Waals surface area contributed by atoms with Gasteiger partial charge in [0.25, 0.3) is 0 Å². The van der Waals surface area contributed by atoms with E-state index in [1.165, 1.54) is 25.8 Å². The number of rotatable bonds is 7. The second-order valence-electron chi connectivity index (χ2n) is 3.41. The van der Waals surface area contributed by atoms with Crippen molar-refractivity contribution in [3.8, 4) is 0 Å². The molecule has 5 nitrogen and oxygen atoms in total. The first-order valence-electron chi connectivity index (χ1n) is 4.80. The van der Waals surface area contributed by atoms with E-state index in [1.807, 2.05) is 0 Å². The third-order valence-electron chi connectivity index (χ3n) is 1.81. The first-order chi connectivity index (χ1) is 6.79. The first kappa shape index (κ1) is 11.5. The summed E-state index contributed by atoms with van der Waals surface area (Å²) < 4.78 is 0. The number of tetrazole rings is 1. The highest BCUT2D eigenvalue weighted by molar-refractivity contribution is 7.99. The highest BCUT2D eigenvalue weighted by Crippen LogP contribution is 2.12. The van der Waals surface area contributed by atoms with Crippen molar-refractivity contribution < 1.29 is 0 Å². The minimum Gasteiger partial charge on any atom is -0.309 e. The molecule has 1 heterocycles. The molecule has 0 aliphatic carbocycles. The van der Waals surface area contributed by atoms with Gasteiger partial charge in [0, 0.05) is 5.75 Å². The lowest BCUT2D eigenvalue weighted by molar-refractivity contribution is 0.393. The molecule has 0 spiro atoms. The van der Waals surface area contributed by atoms with Crippen molar-refractivity contribution in [3.05, 3.63) is 0 Å². The molecule has 0 aliphatic rings. The summed E-state index contributed by atoms with van der Waals surface area (Å²) >= 11 is 1.66. The van der Waals surface area contributed by atoms with Gasteiger partial charge in [-0.1, -0.05) is 18.2 Å². The number of thioether (sulfide) groups is 1. The smallest absolute Gasteiger partial charge is 0.230 e. The van der Waals surface area contributed by atoms with Crippen LogP contribution in [0.1, 0.15) is 19.3 Å². The highest BCUT2D eigenvalue weighted by Gasteiger charge is 1.98. The van der Waals surface area contributed by atoms with E-state index < -0.39 is 0 Å². The summed E-state index contributed by atoms with van der Waals surface area (Å²) in [5.41, 5.74) is 0. The molecule has 14 heavy (non-hydrogen) atoms. The van der Waals surface area contributed by atoms with Crippen LogP contribution in [0.25, 0.3) is 0 Å². The van der Waals surface area contributed by atoms with Crippen LogP contribution in [-0.2, 0) is 0 Å². The van der Waals surface area contributed by atoms with Crippen molar-refractivity contribution in [2.24, 2.45) is 0 Å². The molecule has 0 unspecified atom stereocenters. The Labute approximate surface area is 88.6 Å². The molecule has 0 saturated heterocycles. The van der Waals surface area contributed by atoms with Gasteiger partial charge in [-0.25, -0.2) is 0 Å². The van der Waals surface area contributed by atoms with Crippen molar-refractivity contribution in [1.29, 1.82) is 0 Å². The lowest BCUT2D eigenvalue weighted by atomic mass is 10.2. The molecule has 0 aliphatic heterocycles. The van der Waals surface area contributed by atoms with E-state index in [9.17, 15) is 0 Å². The van der Waals surface area contributed by atoms with Crippen LogP contribution in [0, 0.1) is 0 Å². The fraction of sp³-hybridized carbons (Fsp3) is 0.875. The molecule has 0 radical (unpaired) electrons. The topological polar surface area (TPSA) is 57.7 Å². The molecule has 1 N–H and O–H groups in total. The van der Waals surface area contributed by atoms with Gasteiger partial charge in [-0.3, -0.25) is 0 Å². The van der Waals surface area contributed by atoms with E-state index in [0.717, 1.165) is 10.9 Å². The SMILES string of the molecule is CN(C)CCCCCSc1nn[nH]n1. The van der Waals surface area contributed by atoms with Gasteiger partial charge in [-0.2, -0.15) is 5.21 Å². The Morgan fingerprint density at radius 2 is 2.14 bits per heavy atom. The number of hydrogen-bond donors (Lipinski definition) is 1. The molecule has 6 heteroatoms. The lowest BCUT2D eigenvalue weighted by Gasteiger charge is -2.07. The Morgan fingerprint density at radius 3 is 2.79 bits per heavy atom. The van der Waals surface area contributed by atoms with Crippen LogP contribution in [0.4, 0.5) is 0 Å². The Hall–Kier alpha value is -0.620. The van der Waals surface area contributed by atoms with E-state index in [-0.39, 0.29) is 0 Å². The zero-order valence-corrected chi connectivity index (χ0v) is 9.55. The summed E-state index contributed by atoms with van der Waals surface area (Å²) in [7, 11) is 4.21. The van der Waals surface area contributed by atoms with Crippen LogP contribution >= 0.6 is 11.8 Å². The van der Waals surface area contributed by atoms with Crippen LogP contribution in [0.2, 0.25) is 0 Å². The number of nitrogens with one attached hydrogen (secondary N) is 1. The molecule has 1 rings (SSSR count). The maximum Gasteiger partial charge on any atom is 0.230 e. The third-order valence-corrected chi connectivity index (χ3v) is 2.73. The van der Waals surface area contributed by atoms with E-state index in [0.29, 0.717) is 0 Å². The first-order valence-corrected chi connectivity index (χ1v) is 5.78. The third kappa shape index (κ3) is 5.18. The van der Waals surface area contributed by atoms with Crippen molar-refractivity contribution in [2.45, 2.75) is 24.4 Å². The summed E-state index contributed by atoms with van der Waals surface area (Å²) in [5.74, 6) is 1.08. The molecule has 0 amide bonds. The van der Waals surface area contributed by atoms with E-state index in [4.69, 9.17) is 0 Å². The molecular formula is C8H17N5S. The van der Waals surface area contributed by atoms with E-state index in [2.05, 4.69) is 39.6 Å². The molecule has 0 saturated carbocycles. The Balaban J connectivity index is 1.90. The van der Waals surface area contributed by atoms with Crippen LogP contribution < -0.4 is 0 Å². The molecule has 0 fully saturated rings. The maximum atomic E-state index is 3.87. The molecule has 0 aromatic carbocycles. The minimum atomic E-state index is 0.748. The number of hydrogen-bond acceptors (Lipinski definition) is 5. The summed E-state index contributed by atoms with van der Waals surface area (Å²) in [5, 5.41) is 14.4. The summed E-state index contributed by atoms with van der Waals surface area (Å²) in [6.45, 7) is 1.17. The largest absolute Gasteiger partial charge is 0.309 e. The Morgan fingerprint density at radius 1 is 1.29 bits per heavy atom. The Bertz CT molecular complexity index is 224. The number of nitrogens with zero attached hydrogens (tertiary/aromatic N) is 4. The van der Waals surface area contributed by atoms with Crippen molar-refractivity contribution >= 4 is 11.8 Å². The van der Waals surface area contributed by atoms with E-state index >= 15 is 0 Å². The monoisotopic (exact) mass is 215 g/mol. The van der Waals surface area contributed by atoms with Gasteiger partial charge in [-0.15, -0.1) is 10.2 Å². The average Bonchev–Trinajstić information content (AvgIpc) is 2.63. The molecule has 0 atom stereocenters. The molecule has 1 aromatic heterocycles. The number of aromatic amines is 1. The highest BCUT2D eigenvalue weighted by atomic mass is 32.2. The lowest BCUT2D eigenvalue weighted by Crippen LogP contribution is -2.12. The predicted molar refractivity (Wildman–Crippen MR) is 57.3 cm³/mol. The molecule has 0 bridgehead atoms. The summed E-state index contributed by atoms with van der Waals surface area (Å²) in [6.07, 6.45) is 3.75. The van der Waals surface area contributed by atoms with E-state index in [1.54, 1.807) is 11.8 Å². The zero-order valence-electron chi connectivity index (χ0n) is 8.73. The minimum absolute atomic E-state index is 0.748. The van der Waals surface area contributed by atoms with Crippen molar-refractivity contribution in [1.82, 2.24) is 25.5 Å². The van der Waals surface area contributed by atoms with Gasteiger partial charge >= 0.3 is 0 Å². The van der Waals surface area contributed by atoms with Gasteiger partial charge in [0.2, 0.25) is 5.16 Å². The fourth-order valence-electron chi connectivity index (χ4n) is 1.08. The zero-order chi connectivity index (χ0) is 10.2. The quantitative estimate of drug-likeness (QED) is 0.543. The van der Waals surface area contributed by atoms with Crippen LogP contribution in [0.15, 0.2) is 5.16 Å². The second-order valence-corrected chi connectivity index (χ2v) is 4.47. The van der Waals surface area contributed by atoms with Gasteiger partial charge in [0.15, 0.2) is 0 Å². The number of aromatic nitrogens is 4. The Kier molecular flexibility index (Phi) is 5.55. The summed E-state index contributed by atoms with van der Waals surface area (Å²) in [4.78, 5) is 2.21. The van der Waals surface area contributed by atoms with Crippen LogP contribution in [-0.4, -0.2) is 51.9 Å².